The molecule has 3 N–H and O–H groups in total. The number of methoxy groups -OCH3 is 1. The van der Waals surface area contributed by atoms with Crippen LogP contribution in [0.25, 0.3) is 0 Å². The molecule has 126 valence electrons. The lowest BCUT2D eigenvalue weighted by Gasteiger charge is -2.17. The van der Waals surface area contributed by atoms with E-state index in [0.717, 1.165) is 5.56 Å². The molecule has 1 atom stereocenters. The van der Waals surface area contributed by atoms with Gasteiger partial charge in [-0.1, -0.05) is 18.2 Å². The predicted molar refractivity (Wildman–Crippen MR) is 90.8 cm³/mol. The Kier molecular flexibility index (Phi) is 6.13. The molecule has 0 radical (unpaired) electrons. The van der Waals surface area contributed by atoms with Crippen molar-refractivity contribution in [3.63, 3.8) is 0 Å². The number of anilines is 1. The smallest absolute Gasteiger partial charge is 0.315 e. The molecule has 1 aromatic carbocycles. The van der Waals surface area contributed by atoms with Crippen molar-refractivity contribution < 1.29 is 14.3 Å². The Morgan fingerprint density at radius 1 is 1.21 bits per heavy atom. The number of pyridine rings is 1. The molecule has 7 nitrogen and oxygen atoms in total. The Bertz CT molecular complexity index is 691. The number of amides is 3. The number of hydrogen-bond acceptors (Lipinski definition) is 4. The maximum Gasteiger partial charge on any atom is 0.315 e. The first kappa shape index (κ1) is 17.3. The lowest BCUT2D eigenvalue weighted by Crippen LogP contribution is -2.41. The number of hydrogen-bond donors (Lipinski definition) is 3. The van der Waals surface area contributed by atoms with Crippen LogP contribution in [0.2, 0.25) is 0 Å². The van der Waals surface area contributed by atoms with E-state index in [-0.39, 0.29) is 18.5 Å². The van der Waals surface area contributed by atoms with Crippen LogP contribution < -0.4 is 20.7 Å². The van der Waals surface area contributed by atoms with Gasteiger partial charge in [0.1, 0.15) is 5.75 Å². The van der Waals surface area contributed by atoms with Gasteiger partial charge in [0, 0.05) is 11.8 Å². The molecule has 1 heterocycles. The van der Waals surface area contributed by atoms with Crippen molar-refractivity contribution in [1.82, 2.24) is 15.6 Å². The van der Waals surface area contributed by atoms with Crippen LogP contribution in [-0.2, 0) is 4.79 Å². The zero-order chi connectivity index (χ0) is 17.4. The molecule has 24 heavy (non-hydrogen) atoms. The first-order valence-corrected chi connectivity index (χ1v) is 7.47. The molecule has 1 unspecified atom stereocenters. The highest BCUT2D eigenvalue weighted by Crippen LogP contribution is 2.23. The average Bonchev–Trinajstić information content (AvgIpc) is 2.60. The molecule has 0 aliphatic rings. The number of carbonyl (C=O) groups is 2. The second-order valence-electron chi connectivity index (χ2n) is 5.08. The largest absolute Gasteiger partial charge is 0.496 e. The number of urea groups is 1. The molecule has 1 aromatic heterocycles. The van der Waals surface area contributed by atoms with E-state index in [1.165, 1.54) is 6.20 Å². The Morgan fingerprint density at radius 2 is 2.00 bits per heavy atom. The first-order chi connectivity index (χ1) is 11.6. The summed E-state index contributed by atoms with van der Waals surface area (Å²) in [6.45, 7) is 1.70. The number of nitrogens with one attached hydrogen (secondary N) is 3. The van der Waals surface area contributed by atoms with Crippen LogP contribution in [0.5, 0.6) is 5.75 Å². The zero-order valence-electron chi connectivity index (χ0n) is 13.6. The van der Waals surface area contributed by atoms with E-state index < -0.39 is 6.03 Å². The van der Waals surface area contributed by atoms with E-state index in [1.807, 2.05) is 31.2 Å². The molecular formula is C17H20N4O3. The van der Waals surface area contributed by atoms with Gasteiger partial charge in [0.15, 0.2) is 0 Å². The fourth-order valence-corrected chi connectivity index (χ4v) is 2.15. The first-order valence-electron chi connectivity index (χ1n) is 7.47. The minimum atomic E-state index is -0.435. The summed E-state index contributed by atoms with van der Waals surface area (Å²) in [7, 11) is 1.58. The molecule has 3 amide bonds. The van der Waals surface area contributed by atoms with Gasteiger partial charge in [0.25, 0.3) is 0 Å². The van der Waals surface area contributed by atoms with Crippen LogP contribution >= 0.6 is 0 Å². The van der Waals surface area contributed by atoms with Crippen molar-refractivity contribution >= 4 is 17.6 Å². The average molecular weight is 328 g/mol. The fraction of sp³-hybridized carbons (Fsp3) is 0.235. The van der Waals surface area contributed by atoms with Crippen molar-refractivity contribution in [3.8, 4) is 5.75 Å². The summed E-state index contributed by atoms with van der Waals surface area (Å²) in [5.41, 5.74) is 1.43. The van der Waals surface area contributed by atoms with Gasteiger partial charge in [-0.2, -0.15) is 0 Å². The maximum atomic E-state index is 11.9. The third-order valence-corrected chi connectivity index (χ3v) is 3.31. The van der Waals surface area contributed by atoms with Gasteiger partial charge < -0.3 is 20.7 Å². The summed E-state index contributed by atoms with van der Waals surface area (Å²) in [6.07, 6.45) is 3.14. The van der Waals surface area contributed by atoms with Crippen molar-refractivity contribution in [1.29, 1.82) is 0 Å². The summed E-state index contributed by atoms with van der Waals surface area (Å²) in [5, 5.41) is 7.92. The molecule has 2 aromatic rings. The number of para-hydroxylation sites is 1. The fourth-order valence-electron chi connectivity index (χ4n) is 2.15. The predicted octanol–water partition coefficient (Wildman–Crippen LogP) is 2.09. The maximum absolute atomic E-state index is 11.9. The Labute approximate surface area is 140 Å². The van der Waals surface area contributed by atoms with Crippen LogP contribution in [0.1, 0.15) is 18.5 Å². The van der Waals surface area contributed by atoms with Gasteiger partial charge in [-0.3, -0.25) is 9.78 Å². The molecule has 0 bridgehead atoms. The topological polar surface area (TPSA) is 92.4 Å². The molecule has 0 aliphatic carbocycles. The van der Waals surface area contributed by atoms with Gasteiger partial charge in [-0.25, -0.2) is 4.79 Å². The highest BCUT2D eigenvalue weighted by molar-refractivity contribution is 5.94. The van der Waals surface area contributed by atoms with Gasteiger partial charge in [0.05, 0.1) is 31.6 Å². The molecule has 2 rings (SSSR count). The second kappa shape index (κ2) is 8.52. The SMILES string of the molecule is COc1ccccc1C(C)NC(=O)NCC(=O)Nc1cccnc1. The van der Waals surface area contributed by atoms with E-state index in [0.29, 0.717) is 11.4 Å². The molecule has 0 spiro atoms. The molecule has 7 heteroatoms. The normalized spacial score (nSPS) is 11.2. The summed E-state index contributed by atoms with van der Waals surface area (Å²) in [5.74, 6) is 0.364. The van der Waals surface area contributed by atoms with E-state index in [4.69, 9.17) is 4.74 Å². The minimum Gasteiger partial charge on any atom is -0.496 e. The second-order valence-corrected chi connectivity index (χ2v) is 5.08. The number of aromatic nitrogens is 1. The van der Waals surface area contributed by atoms with E-state index in [1.54, 1.807) is 25.4 Å². The molecule has 0 saturated carbocycles. The van der Waals surface area contributed by atoms with Gasteiger partial charge in [-0.05, 0) is 25.1 Å². The highest BCUT2D eigenvalue weighted by atomic mass is 16.5. The number of carbonyl (C=O) groups excluding carboxylic acids is 2. The molecular weight excluding hydrogens is 308 g/mol. The Hall–Kier alpha value is -3.09. The summed E-state index contributed by atoms with van der Waals surface area (Å²) in [6, 6.07) is 10.2. The summed E-state index contributed by atoms with van der Waals surface area (Å²) < 4.78 is 5.27. The summed E-state index contributed by atoms with van der Waals surface area (Å²) >= 11 is 0. The Morgan fingerprint density at radius 3 is 2.71 bits per heavy atom. The minimum absolute atomic E-state index is 0.140. The van der Waals surface area contributed by atoms with Gasteiger partial charge in [-0.15, -0.1) is 0 Å². The zero-order valence-corrected chi connectivity index (χ0v) is 13.6. The standard InChI is InChI=1S/C17H20N4O3/c1-12(14-7-3-4-8-15(14)24-2)20-17(23)19-11-16(22)21-13-6-5-9-18-10-13/h3-10,12H,11H2,1-2H3,(H,21,22)(H2,19,20,23). The quantitative estimate of drug-likeness (QED) is 0.757. The van der Waals surface area contributed by atoms with E-state index >= 15 is 0 Å². The van der Waals surface area contributed by atoms with Crippen LogP contribution in [0.4, 0.5) is 10.5 Å². The van der Waals surface area contributed by atoms with Crippen LogP contribution in [-0.4, -0.2) is 30.6 Å². The number of ether oxygens (including phenoxy) is 1. The monoisotopic (exact) mass is 328 g/mol. The van der Waals surface area contributed by atoms with Crippen LogP contribution in [0.15, 0.2) is 48.8 Å². The number of nitrogens with zero attached hydrogens (tertiary/aromatic N) is 1. The third-order valence-electron chi connectivity index (χ3n) is 3.31. The lowest BCUT2D eigenvalue weighted by atomic mass is 10.1. The van der Waals surface area contributed by atoms with Gasteiger partial charge in [0.2, 0.25) is 5.91 Å². The molecule has 0 saturated heterocycles. The molecule has 0 aliphatic heterocycles. The van der Waals surface area contributed by atoms with Crippen molar-refractivity contribution in [2.75, 3.05) is 19.0 Å². The number of benzene rings is 1. The summed E-state index contributed by atoms with van der Waals surface area (Å²) in [4.78, 5) is 27.6. The van der Waals surface area contributed by atoms with E-state index in [2.05, 4.69) is 20.9 Å². The van der Waals surface area contributed by atoms with Gasteiger partial charge >= 0.3 is 6.03 Å². The number of rotatable bonds is 6. The third kappa shape index (κ3) is 4.98. The molecule has 0 fully saturated rings. The lowest BCUT2D eigenvalue weighted by molar-refractivity contribution is -0.115. The van der Waals surface area contributed by atoms with Crippen molar-refractivity contribution in [2.45, 2.75) is 13.0 Å². The van der Waals surface area contributed by atoms with Crippen LogP contribution in [0, 0.1) is 0 Å². The Balaban J connectivity index is 1.81. The van der Waals surface area contributed by atoms with Crippen LogP contribution in [0.3, 0.4) is 0 Å². The van der Waals surface area contributed by atoms with Crippen molar-refractivity contribution in [2.24, 2.45) is 0 Å². The van der Waals surface area contributed by atoms with E-state index in [9.17, 15) is 9.59 Å². The highest BCUT2D eigenvalue weighted by Gasteiger charge is 2.14. The van der Waals surface area contributed by atoms with Crippen molar-refractivity contribution in [3.05, 3.63) is 54.4 Å².